The molecule has 3 amide bonds. The van der Waals surface area contributed by atoms with Crippen LogP contribution in [0.25, 0.3) is 0 Å². The number of sulfone groups is 1. The number of nitrogens with zero attached hydrogens (tertiary/aromatic N) is 2. The molecule has 2 unspecified atom stereocenters. The van der Waals surface area contributed by atoms with Gasteiger partial charge in [-0.3, -0.25) is 24.3 Å². The Morgan fingerprint density at radius 2 is 1.60 bits per heavy atom. The van der Waals surface area contributed by atoms with E-state index in [0.29, 0.717) is 24.8 Å². The summed E-state index contributed by atoms with van der Waals surface area (Å²) in [6, 6.07) is 11.3. The van der Waals surface area contributed by atoms with Crippen molar-refractivity contribution in [3.63, 3.8) is 0 Å². The first kappa shape index (κ1) is 37.5. The number of pyridine rings is 1. The summed E-state index contributed by atoms with van der Waals surface area (Å²) in [4.78, 5) is 47.0. The lowest BCUT2D eigenvalue weighted by Crippen LogP contribution is -2.64. The molecule has 48 heavy (non-hydrogen) atoms. The van der Waals surface area contributed by atoms with Gasteiger partial charge in [-0.1, -0.05) is 55.7 Å². The van der Waals surface area contributed by atoms with Crippen molar-refractivity contribution in [1.29, 1.82) is 0 Å². The highest BCUT2D eigenvalue weighted by Gasteiger charge is 2.46. The van der Waals surface area contributed by atoms with Gasteiger partial charge in [0, 0.05) is 31.1 Å². The van der Waals surface area contributed by atoms with Crippen LogP contribution in [-0.2, 0) is 25.8 Å². The molecule has 2 heterocycles. The Kier molecular flexibility index (Phi) is 12.1. The van der Waals surface area contributed by atoms with Crippen LogP contribution in [0.15, 0.2) is 54.7 Å². The van der Waals surface area contributed by atoms with Crippen LogP contribution in [-0.4, -0.2) is 95.0 Å². The number of fused-ring (bicyclic) bond motifs is 1. The number of β-amino-alcohol motifs (C(OH)–C–C–N with tert-alkyl or cyclic N) is 1. The maximum atomic E-state index is 14.1. The van der Waals surface area contributed by atoms with Gasteiger partial charge in [0.15, 0.2) is 9.84 Å². The molecule has 1 saturated heterocycles. The predicted molar refractivity (Wildman–Crippen MR) is 186 cm³/mol. The minimum atomic E-state index is -3.87. The molecule has 4 rings (SSSR count). The quantitative estimate of drug-likeness (QED) is 0.266. The summed E-state index contributed by atoms with van der Waals surface area (Å²) in [5.74, 6) is -0.647. The van der Waals surface area contributed by atoms with E-state index < -0.39 is 56.2 Å². The average Bonchev–Trinajstić information content (AvgIpc) is 3.02. The molecule has 4 N–H and O–H groups in total. The average molecular weight is 684 g/mol. The van der Waals surface area contributed by atoms with Crippen molar-refractivity contribution in [2.24, 2.45) is 11.8 Å². The number of piperidine rings is 1. The summed E-state index contributed by atoms with van der Waals surface area (Å²) >= 11 is 0. The number of aliphatic hydroxyl groups excluding tert-OH is 1. The fourth-order valence-corrected chi connectivity index (χ4v) is 7.48. The van der Waals surface area contributed by atoms with E-state index >= 15 is 0 Å². The lowest BCUT2D eigenvalue weighted by molar-refractivity contribution is -0.133. The number of aliphatic hydroxyl groups is 1. The normalized spacial score (nSPS) is 22.4. The van der Waals surface area contributed by atoms with Crippen LogP contribution in [0.3, 0.4) is 0 Å². The topological polar surface area (TPSA) is 158 Å². The highest BCUT2D eigenvalue weighted by Crippen LogP contribution is 2.39. The van der Waals surface area contributed by atoms with Gasteiger partial charge in [0.25, 0.3) is 5.91 Å². The maximum absolute atomic E-state index is 14.1. The highest BCUT2D eigenvalue weighted by atomic mass is 32.2. The predicted octanol–water partition coefficient (Wildman–Crippen LogP) is 2.89. The highest BCUT2D eigenvalue weighted by molar-refractivity contribution is 7.92. The maximum Gasteiger partial charge on any atom is 0.270 e. The van der Waals surface area contributed by atoms with Crippen LogP contribution in [0.2, 0.25) is 0 Å². The molecule has 1 aliphatic carbocycles. The van der Waals surface area contributed by atoms with E-state index in [-0.39, 0.29) is 24.6 Å². The lowest BCUT2D eigenvalue weighted by atomic mass is 9.72. The second-order valence-corrected chi connectivity index (χ2v) is 17.7. The molecule has 1 aliphatic heterocycles. The summed E-state index contributed by atoms with van der Waals surface area (Å²) in [6.45, 7) is 9.42. The second-order valence-electron chi connectivity index (χ2n) is 15.1. The van der Waals surface area contributed by atoms with Crippen LogP contribution >= 0.6 is 0 Å². The van der Waals surface area contributed by atoms with Gasteiger partial charge >= 0.3 is 0 Å². The number of nitrogens with one attached hydrogen (secondary N) is 3. The van der Waals surface area contributed by atoms with Gasteiger partial charge < -0.3 is 21.1 Å². The summed E-state index contributed by atoms with van der Waals surface area (Å²) in [5, 5.41) is 20.6. The Hall–Kier alpha value is -3.35. The zero-order valence-corrected chi connectivity index (χ0v) is 29.9. The monoisotopic (exact) mass is 683 g/mol. The standard InChI is InChI=1S/C36H53N5O6S/c1-35(2,3)40-33(44)29-21-25-16-10-11-17-26(25)22-41(29)23-30(42)28(20-24-14-8-7-9-15-24)38-34(45)31(36(4,5)48(6,46)47)39-32(43)27-18-12-13-19-37-27/h7-9,12-15,18-19,25-26,28-31,42H,10-11,16-17,20-23H2,1-6H3,(H,38,45)(H,39,43)(H,40,44)/t25?,26?,28-,29-,30+,31+/m0/s1. The van der Waals surface area contributed by atoms with Gasteiger partial charge in [0.2, 0.25) is 11.8 Å². The molecule has 2 fully saturated rings. The van der Waals surface area contributed by atoms with Crippen molar-refractivity contribution >= 4 is 27.6 Å². The first-order chi connectivity index (χ1) is 22.5. The molecule has 2 aromatic rings. The molecule has 0 radical (unpaired) electrons. The van der Waals surface area contributed by atoms with Gasteiger partial charge in [-0.2, -0.15) is 0 Å². The third-order valence-corrected chi connectivity index (χ3v) is 12.0. The van der Waals surface area contributed by atoms with Gasteiger partial charge in [-0.25, -0.2) is 8.42 Å². The second kappa shape index (κ2) is 15.5. The van der Waals surface area contributed by atoms with Gasteiger partial charge in [0.05, 0.1) is 22.9 Å². The molecule has 12 heteroatoms. The Morgan fingerprint density at radius 1 is 0.958 bits per heavy atom. The van der Waals surface area contributed by atoms with E-state index in [2.05, 4.69) is 25.8 Å². The fourth-order valence-electron chi connectivity index (χ4n) is 6.88. The summed E-state index contributed by atoms with van der Waals surface area (Å²) < 4.78 is 24.2. The van der Waals surface area contributed by atoms with E-state index in [1.165, 1.54) is 26.1 Å². The number of rotatable bonds is 12. The van der Waals surface area contributed by atoms with Gasteiger partial charge in [-0.05, 0) is 83.4 Å². The Labute approximate surface area is 285 Å². The Bertz CT molecular complexity index is 1510. The zero-order chi connectivity index (χ0) is 35.3. The molecule has 264 valence electrons. The number of aromatic nitrogens is 1. The van der Waals surface area contributed by atoms with Crippen molar-refractivity contribution in [2.75, 3.05) is 19.3 Å². The minimum absolute atomic E-state index is 0.0335. The molecular weight excluding hydrogens is 630 g/mol. The smallest absolute Gasteiger partial charge is 0.270 e. The number of hydrogen-bond donors (Lipinski definition) is 4. The fraction of sp³-hybridized carbons (Fsp3) is 0.611. The van der Waals surface area contributed by atoms with Crippen LogP contribution < -0.4 is 16.0 Å². The van der Waals surface area contributed by atoms with Crippen molar-refractivity contribution in [2.45, 2.75) is 108 Å². The summed E-state index contributed by atoms with van der Waals surface area (Å²) in [5.41, 5.74) is 0.466. The van der Waals surface area contributed by atoms with E-state index in [1.54, 1.807) is 12.1 Å². The van der Waals surface area contributed by atoms with Gasteiger partial charge in [-0.15, -0.1) is 0 Å². The van der Waals surface area contributed by atoms with Gasteiger partial charge in [0.1, 0.15) is 11.7 Å². The first-order valence-electron chi connectivity index (χ1n) is 17.0. The molecule has 0 bridgehead atoms. The van der Waals surface area contributed by atoms with E-state index in [4.69, 9.17) is 0 Å². The molecule has 2 aliphatic rings. The SMILES string of the molecule is CC(C)(C)NC(=O)[C@@H]1CC2CCCCC2CN1C[C@@H](O)[C@H](Cc1ccccc1)NC(=O)[C@@H](NC(=O)c1ccccn1)C(C)(C)S(C)(=O)=O. The number of benzene rings is 1. The number of carbonyl (C=O) groups excluding carboxylic acids is 3. The first-order valence-corrected chi connectivity index (χ1v) is 18.9. The Morgan fingerprint density at radius 3 is 2.21 bits per heavy atom. The van der Waals surface area contributed by atoms with E-state index in [9.17, 15) is 27.9 Å². The van der Waals surface area contributed by atoms with Crippen molar-refractivity contribution in [3.8, 4) is 0 Å². The molecule has 1 aromatic carbocycles. The molecule has 1 saturated carbocycles. The van der Waals surface area contributed by atoms with E-state index in [1.807, 2.05) is 51.1 Å². The van der Waals surface area contributed by atoms with Crippen molar-refractivity contribution < 1.29 is 27.9 Å². The van der Waals surface area contributed by atoms with Crippen LogP contribution in [0, 0.1) is 11.8 Å². The largest absolute Gasteiger partial charge is 0.390 e. The molecule has 1 aromatic heterocycles. The minimum Gasteiger partial charge on any atom is -0.390 e. The van der Waals surface area contributed by atoms with E-state index in [0.717, 1.165) is 37.5 Å². The van der Waals surface area contributed by atoms with Crippen molar-refractivity contribution in [3.05, 3.63) is 66.0 Å². The lowest BCUT2D eigenvalue weighted by Gasteiger charge is -2.47. The summed E-state index contributed by atoms with van der Waals surface area (Å²) in [7, 11) is -3.87. The summed E-state index contributed by atoms with van der Waals surface area (Å²) in [6.07, 6.45) is 6.76. The molecule has 6 atom stereocenters. The van der Waals surface area contributed by atoms with Crippen molar-refractivity contribution in [1.82, 2.24) is 25.8 Å². The van der Waals surface area contributed by atoms with Crippen LogP contribution in [0.4, 0.5) is 0 Å². The third kappa shape index (κ3) is 9.63. The third-order valence-electron chi connectivity index (χ3n) is 9.90. The number of hydrogen-bond acceptors (Lipinski definition) is 8. The molecule has 11 nitrogen and oxygen atoms in total. The number of amides is 3. The molecule has 0 spiro atoms. The number of likely N-dealkylation sites (tertiary alicyclic amines) is 1. The van der Waals surface area contributed by atoms with Crippen LogP contribution in [0.1, 0.15) is 82.8 Å². The zero-order valence-electron chi connectivity index (χ0n) is 29.1. The molecular formula is C36H53N5O6S. The number of carbonyl (C=O) groups is 3. The van der Waals surface area contributed by atoms with Crippen LogP contribution in [0.5, 0.6) is 0 Å². The Balaban J connectivity index is 1.63.